The normalized spacial score (nSPS) is 14.6. The third-order valence-electron chi connectivity index (χ3n) is 5.28. The minimum Gasteiger partial charge on any atom is -0.426 e. The van der Waals surface area contributed by atoms with Gasteiger partial charge in [-0.05, 0) is 49.0 Å². The molecule has 0 aliphatic carbocycles. The van der Waals surface area contributed by atoms with E-state index < -0.39 is 36.9 Å². The van der Waals surface area contributed by atoms with E-state index in [9.17, 15) is 24.4 Å². The summed E-state index contributed by atoms with van der Waals surface area (Å²) in [5.74, 6) is -1.97. The minimum atomic E-state index is -1.77. The Kier molecular flexibility index (Phi) is 11.1. The van der Waals surface area contributed by atoms with Gasteiger partial charge in [-0.3, -0.25) is 14.4 Å². The molecule has 10 nitrogen and oxygen atoms in total. The molecule has 2 atom stereocenters. The number of nitrogens with zero attached hydrogens (tertiary/aromatic N) is 1. The Balaban J connectivity index is 2.09. The standard InChI is InChI=1S/C23H35BN4O6/c1-4-5-7-17-8-10-18(11-9-17)21(29)26-19(15-25-23(31)28-12-6-13-34-28)22(30)27-20(24(32)33)14-16(2)3/h6,8-12,16,19-20,32-33H,4-5,7,13-15H2,1-3H3,(H,25,31)(H,26,29)(H,27,30)/t19-,20-/m0/s1. The molecule has 0 saturated heterocycles. The highest BCUT2D eigenvalue weighted by Crippen LogP contribution is 2.09. The van der Waals surface area contributed by atoms with E-state index in [2.05, 4.69) is 22.9 Å². The molecule has 0 saturated carbocycles. The van der Waals surface area contributed by atoms with Crippen molar-refractivity contribution in [3.8, 4) is 0 Å². The Morgan fingerprint density at radius 3 is 2.41 bits per heavy atom. The van der Waals surface area contributed by atoms with E-state index in [4.69, 9.17) is 4.84 Å². The number of benzene rings is 1. The van der Waals surface area contributed by atoms with E-state index >= 15 is 0 Å². The molecule has 1 aromatic rings. The number of hydrogen-bond acceptors (Lipinski definition) is 6. The monoisotopic (exact) mass is 474 g/mol. The Hall–Kier alpha value is -2.89. The Bertz CT molecular complexity index is 846. The van der Waals surface area contributed by atoms with Gasteiger partial charge in [0, 0.05) is 18.3 Å². The lowest BCUT2D eigenvalue weighted by Gasteiger charge is -2.25. The number of nitrogens with one attached hydrogen (secondary N) is 3. The van der Waals surface area contributed by atoms with Crippen molar-refractivity contribution in [2.75, 3.05) is 13.2 Å². The number of carbonyl (C=O) groups is 3. The number of rotatable bonds is 12. The zero-order valence-electron chi connectivity index (χ0n) is 20.0. The van der Waals surface area contributed by atoms with Gasteiger partial charge in [0.15, 0.2) is 0 Å². The number of aryl methyl sites for hydroxylation is 1. The van der Waals surface area contributed by atoms with Gasteiger partial charge in [0.25, 0.3) is 5.91 Å². The lowest BCUT2D eigenvalue weighted by Crippen LogP contribution is -2.57. The number of amides is 4. The fourth-order valence-electron chi connectivity index (χ4n) is 3.40. The zero-order valence-corrected chi connectivity index (χ0v) is 20.0. The van der Waals surface area contributed by atoms with Crippen LogP contribution in [0.25, 0.3) is 0 Å². The number of hydrogen-bond donors (Lipinski definition) is 5. The first-order valence-corrected chi connectivity index (χ1v) is 11.6. The van der Waals surface area contributed by atoms with Crippen LogP contribution in [0.2, 0.25) is 0 Å². The van der Waals surface area contributed by atoms with Crippen LogP contribution in [-0.4, -0.2) is 65.2 Å². The predicted octanol–water partition coefficient (Wildman–Crippen LogP) is 1.14. The molecule has 186 valence electrons. The van der Waals surface area contributed by atoms with Crippen molar-refractivity contribution < 1.29 is 29.3 Å². The fraction of sp³-hybridized carbons (Fsp3) is 0.522. The van der Waals surface area contributed by atoms with Crippen LogP contribution in [0.3, 0.4) is 0 Å². The SMILES string of the molecule is CCCCc1ccc(C(=O)N[C@@H](CNC(=O)N2C=CCO2)C(=O)N[C@@H](CC(C)C)B(O)O)cc1. The van der Waals surface area contributed by atoms with E-state index in [1.54, 1.807) is 18.2 Å². The minimum absolute atomic E-state index is 0.0881. The van der Waals surface area contributed by atoms with Crippen LogP contribution in [0.1, 0.15) is 56.0 Å². The molecular formula is C23H35BN4O6. The van der Waals surface area contributed by atoms with Crippen LogP contribution in [0.4, 0.5) is 4.79 Å². The molecule has 1 aliphatic heterocycles. The van der Waals surface area contributed by atoms with E-state index in [1.165, 1.54) is 6.20 Å². The van der Waals surface area contributed by atoms with Crippen LogP contribution >= 0.6 is 0 Å². The first kappa shape index (κ1) is 27.4. The predicted molar refractivity (Wildman–Crippen MR) is 128 cm³/mol. The molecule has 1 aromatic carbocycles. The second-order valence-corrected chi connectivity index (χ2v) is 8.68. The molecule has 1 heterocycles. The van der Waals surface area contributed by atoms with Crippen molar-refractivity contribution in [3.05, 3.63) is 47.7 Å². The lowest BCUT2D eigenvalue weighted by atomic mass is 9.75. The molecule has 34 heavy (non-hydrogen) atoms. The molecule has 2 rings (SSSR count). The zero-order chi connectivity index (χ0) is 25.1. The lowest BCUT2D eigenvalue weighted by molar-refractivity contribution is -0.123. The van der Waals surface area contributed by atoms with Gasteiger partial charge in [0.1, 0.15) is 6.04 Å². The van der Waals surface area contributed by atoms with E-state index in [0.717, 1.165) is 29.9 Å². The maximum Gasteiger partial charge on any atom is 0.475 e. The molecule has 0 radical (unpaired) electrons. The van der Waals surface area contributed by atoms with Crippen molar-refractivity contribution >= 4 is 25.0 Å². The molecule has 0 bridgehead atoms. The van der Waals surface area contributed by atoms with Gasteiger partial charge < -0.3 is 26.0 Å². The fourth-order valence-corrected chi connectivity index (χ4v) is 3.40. The molecule has 4 amide bonds. The molecule has 0 unspecified atom stereocenters. The van der Waals surface area contributed by atoms with Gasteiger partial charge in [0.05, 0.1) is 12.5 Å². The van der Waals surface area contributed by atoms with Gasteiger partial charge in [-0.1, -0.05) is 39.3 Å². The highest BCUT2D eigenvalue weighted by atomic mass is 16.7. The highest BCUT2D eigenvalue weighted by molar-refractivity contribution is 6.43. The van der Waals surface area contributed by atoms with Gasteiger partial charge in [0.2, 0.25) is 5.91 Å². The van der Waals surface area contributed by atoms with E-state index in [1.807, 2.05) is 26.0 Å². The first-order chi connectivity index (χ1) is 16.2. The van der Waals surface area contributed by atoms with Gasteiger partial charge in [-0.15, -0.1) is 0 Å². The average Bonchev–Trinajstić information content (AvgIpc) is 3.34. The van der Waals surface area contributed by atoms with Crippen LogP contribution in [-0.2, 0) is 16.1 Å². The maximum absolute atomic E-state index is 13.0. The Labute approximate surface area is 200 Å². The molecule has 0 fully saturated rings. The van der Waals surface area contributed by atoms with Gasteiger partial charge in [-0.2, -0.15) is 5.06 Å². The van der Waals surface area contributed by atoms with Crippen molar-refractivity contribution in [2.24, 2.45) is 5.92 Å². The third kappa shape index (κ3) is 8.81. The quantitative estimate of drug-likeness (QED) is 0.288. The summed E-state index contributed by atoms with van der Waals surface area (Å²) in [6.07, 6.45) is 6.46. The van der Waals surface area contributed by atoms with Crippen molar-refractivity contribution in [1.82, 2.24) is 21.0 Å². The maximum atomic E-state index is 13.0. The average molecular weight is 474 g/mol. The number of urea groups is 1. The second kappa shape index (κ2) is 13.7. The Morgan fingerprint density at radius 1 is 1.15 bits per heavy atom. The number of hydroxylamine groups is 2. The molecular weight excluding hydrogens is 439 g/mol. The summed E-state index contributed by atoms with van der Waals surface area (Å²) in [4.78, 5) is 43.1. The topological polar surface area (TPSA) is 140 Å². The Morgan fingerprint density at radius 2 is 1.85 bits per heavy atom. The van der Waals surface area contributed by atoms with Crippen LogP contribution in [0.15, 0.2) is 36.5 Å². The third-order valence-corrected chi connectivity index (χ3v) is 5.28. The smallest absolute Gasteiger partial charge is 0.426 e. The summed E-state index contributed by atoms with van der Waals surface area (Å²) in [6, 6.07) is 5.38. The summed E-state index contributed by atoms with van der Waals surface area (Å²) in [5.41, 5.74) is 1.49. The second-order valence-electron chi connectivity index (χ2n) is 8.68. The molecule has 0 spiro atoms. The van der Waals surface area contributed by atoms with Crippen molar-refractivity contribution in [2.45, 2.75) is 58.4 Å². The molecule has 5 N–H and O–H groups in total. The summed E-state index contributed by atoms with van der Waals surface area (Å²) >= 11 is 0. The van der Waals surface area contributed by atoms with Crippen molar-refractivity contribution in [1.29, 1.82) is 0 Å². The van der Waals surface area contributed by atoms with Crippen LogP contribution < -0.4 is 16.0 Å². The van der Waals surface area contributed by atoms with Gasteiger partial charge >= 0.3 is 13.1 Å². The number of carbonyl (C=O) groups excluding carboxylic acids is 3. The highest BCUT2D eigenvalue weighted by Gasteiger charge is 2.30. The first-order valence-electron chi connectivity index (χ1n) is 11.6. The molecule has 0 aromatic heterocycles. The van der Waals surface area contributed by atoms with Crippen molar-refractivity contribution in [3.63, 3.8) is 0 Å². The van der Waals surface area contributed by atoms with Gasteiger partial charge in [-0.25, -0.2) is 4.79 Å². The summed E-state index contributed by atoms with van der Waals surface area (Å²) in [7, 11) is -1.77. The van der Waals surface area contributed by atoms with Crippen LogP contribution in [0.5, 0.6) is 0 Å². The number of unbranched alkanes of at least 4 members (excludes halogenated alkanes) is 1. The molecule has 1 aliphatic rings. The van der Waals surface area contributed by atoms with Crippen LogP contribution in [0, 0.1) is 5.92 Å². The summed E-state index contributed by atoms with van der Waals surface area (Å²) < 4.78 is 0. The largest absolute Gasteiger partial charge is 0.475 e. The summed E-state index contributed by atoms with van der Waals surface area (Å²) in [5, 5.41) is 28.0. The van der Waals surface area contributed by atoms with E-state index in [0.29, 0.717) is 12.0 Å². The molecule has 11 heteroatoms. The summed E-state index contributed by atoms with van der Waals surface area (Å²) in [6.45, 7) is 5.91. The van der Waals surface area contributed by atoms with E-state index in [-0.39, 0.29) is 19.1 Å².